The largest absolute Gasteiger partial charge is 0.481 e. The third-order valence-electron chi connectivity index (χ3n) is 4.04. The average Bonchev–Trinajstić information content (AvgIpc) is 3.08. The van der Waals surface area contributed by atoms with Gasteiger partial charge in [-0.25, -0.2) is 9.97 Å². The zero-order chi connectivity index (χ0) is 20.4. The first-order chi connectivity index (χ1) is 14.0. The van der Waals surface area contributed by atoms with E-state index in [1.165, 1.54) is 24.8 Å². The van der Waals surface area contributed by atoms with Crippen molar-refractivity contribution in [3.05, 3.63) is 59.0 Å². The zero-order valence-corrected chi connectivity index (χ0v) is 17.0. The molecule has 2 N–H and O–H groups in total. The highest BCUT2D eigenvalue weighted by Gasteiger charge is 2.19. The molecule has 0 aliphatic carbocycles. The van der Waals surface area contributed by atoms with E-state index in [-0.39, 0.29) is 5.91 Å². The molecule has 0 saturated heterocycles. The summed E-state index contributed by atoms with van der Waals surface area (Å²) in [5, 5.41) is 7.12. The minimum Gasteiger partial charge on any atom is -0.481 e. The molecule has 0 atom stereocenters. The number of rotatable bonds is 5. The maximum atomic E-state index is 12.8. The van der Waals surface area contributed by atoms with E-state index in [0.717, 1.165) is 0 Å². The molecule has 0 spiro atoms. The van der Waals surface area contributed by atoms with Gasteiger partial charge in [0.05, 0.1) is 47.5 Å². The van der Waals surface area contributed by atoms with Crippen molar-refractivity contribution < 1.29 is 9.53 Å². The summed E-state index contributed by atoms with van der Waals surface area (Å²) in [5.74, 6) is 0.671. The minimum absolute atomic E-state index is 0.300. The number of ether oxygens (including phenoxy) is 1. The Labute approximate surface area is 175 Å². The van der Waals surface area contributed by atoms with Gasteiger partial charge in [-0.1, -0.05) is 11.6 Å². The summed E-state index contributed by atoms with van der Waals surface area (Å²) in [7, 11) is 1.53. The van der Waals surface area contributed by atoms with Gasteiger partial charge in [0.25, 0.3) is 5.91 Å². The van der Waals surface area contributed by atoms with Gasteiger partial charge in [-0.05, 0) is 42.7 Å². The number of nitrogens with zero attached hydrogens (tertiary/aromatic N) is 4. The molecule has 0 unspecified atom stereocenters. The van der Waals surface area contributed by atoms with Gasteiger partial charge in [0, 0.05) is 11.1 Å². The van der Waals surface area contributed by atoms with Crippen LogP contribution >= 0.6 is 23.1 Å². The highest BCUT2D eigenvalue weighted by atomic mass is 35.5. The van der Waals surface area contributed by atoms with Crippen LogP contribution in [-0.2, 0) is 0 Å². The summed E-state index contributed by atoms with van der Waals surface area (Å²) in [4.78, 5) is 25.8. The van der Waals surface area contributed by atoms with Crippen LogP contribution in [0.2, 0.25) is 5.02 Å². The van der Waals surface area contributed by atoms with Gasteiger partial charge in [0.1, 0.15) is 10.8 Å². The maximum Gasteiger partial charge on any atom is 0.260 e. The number of benzene rings is 1. The Hall–Kier alpha value is -3.30. The first-order valence-electron chi connectivity index (χ1n) is 8.50. The summed E-state index contributed by atoms with van der Waals surface area (Å²) >= 11 is 7.16. The number of hydrogen-bond donors (Lipinski definition) is 2. The second-order valence-electron chi connectivity index (χ2n) is 6.03. The van der Waals surface area contributed by atoms with Crippen LogP contribution in [0.3, 0.4) is 0 Å². The van der Waals surface area contributed by atoms with Gasteiger partial charge in [-0.3, -0.25) is 9.78 Å². The number of aryl methyl sites for hydroxylation is 1. The number of anilines is 3. The standard InChI is InChI=1S/C19H15ClN6O2S/c1-10-17(18(27)23-12-4-6-16(28-2)22-8-12)19(29-26-10)25-15-9-21-14-7-11(20)3-5-13(14)24-15/h3-9H,1-2H3,(H,23,27)(H,24,25). The molecule has 3 aromatic heterocycles. The van der Waals surface area contributed by atoms with Gasteiger partial charge < -0.3 is 15.4 Å². The van der Waals surface area contributed by atoms with Gasteiger partial charge in [-0.15, -0.1) is 0 Å². The van der Waals surface area contributed by atoms with Crippen molar-refractivity contribution in [2.45, 2.75) is 6.92 Å². The zero-order valence-electron chi connectivity index (χ0n) is 15.4. The van der Waals surface area contributed by atoms with Crippen molar-refractivity contribution in [1.82, 2.24) is 19.3 Å². The number of hydrogen-bond acceptors (Lipinski definition) is 8. The number of carbonyl (C=O) groups is 1. The van der Waals surface area contributed by atoms with E-state index in [1.54, 1.807) is 43.5 Å². The van der Waals surface area contributed by atoms with E-state index in [0.29, 0.717) is 49.7 Å². The van der Waals surface area contributed by atoms with Crippen LogP contribution in [0.4, 0.5) is 16.5 Å². The lowest BCUT2D eigenvalue weighted by Gasteiger charge is -2.09. The van der Waals surface area contributed by atoms with Crippen LogP contribution in [0.25, 0.3) is 11.0 Å². The van der Waals surface area contributed by atoms with Crippen molar-refractivity contribution in [3.8, 4) is 5.88 Å². The van der Waals surface area contributed by atoms with Crippen LogP contribution in [-0.4, -0.2) is 32.3 Å². The maximum absolute atomic E-state index is 12.8. The lowest BCUT2D eigenvalue weighted by Crippen LogP contribution is -2.14. The number of aromatic nitrogens is 4. The Morgan fingerprint density at radius 2 is 2.00 bits per heavy atom. The lowest BCUT2D eigenvalue weighted by atomic mass is 10.2. The molecule has 4 aromatic rings. The quantitative estimate of drug-likeness (QED) is 0.486. The predicted octanol–water partition coefficient (Wildman–Crippen LogP) is 4.45. The molecule has 29 heavy (non-hydrogen) atoms. The van der Waals surface area contributed by atoms with Crippen LogP contribution in [0.15, 0.2) is 42.7 Å². The summed E-state index contributed by atoms with van der Waals surface area (Å²) in [5.41, 5.74) is 2.97. The topological polar surface area (TPSA) is 102 Å². The molecule has 0 bridgehead atoms. The van der Waals surface area contributed by atoms with Crippen molar-refractivity contribution in [3.63, 3.8) is 0 Å². The number of fused-ring (bicyclic) bond motifs is 1. The van der Waals surface area contributed by atoms with E-state index < -0.39 is 0 Å². The minimum atomic E-state index is -0.300. The first-order valence-corrected chi connectivity index (χ1v) is 9.65. The third kappa shape index (κ3) is 4.10. The second kappa shape index (κ2) is 7.98. The Bertz CT molecular complexity index is 1200. The van der Waals surface area contributed by atoms with E-state index in [1.807, 2.05) is 0 Å². The van der Waals surface area contributed by atoms with Crippen molar-refractivity contribution in [2.75, 3.05) is 17.7 Å². The Morgan fingerprint density at radius 1 is 1.14 bits per heavy atom. The Balaban J connectivity index is 1.58. The highest BCUT2D eigenvalue weighted by molar-refractivity contribution is 7.10. The summed E-state index contributed by atoms with van der Waals surface area (Å²) in [6.07, 6.45) is 3.11. The summed E-state index contributed by atoms with van der Waals surface area (Å²) in [6.45, 7) is 1.77. The van der Waals surface area contributed by atoms with Gasteiger partial charge in [0.2, 0.25) is 5.88 Å². The molecular formula is C19H15ClN6O2S. The number of nitrogens with one attached hydrogen (secondary N) is 2. The number of amides is 1. The van der Waals surface area contributed by atoms with Crippen molar-refractivity contribution in [2.24, 2.45) is 0 Å². The molecule has 0 radical (unpaired) electrons. The molecule has 0 fully saturated rings. The molecule has 0 saturated carbocycles. The fraction of sp³-hybridized carbons (Fsp3) is 0.105. The molecule has 3 heterocycles. The average molecular weight is 427 g/mol. The number of methoxy groups -OCH3 is 1. The fourth-order valence-electron chi connectivity index (χ4n) is 2.65. The molecular weight excluding hydrogens is 412 g/mol. The van der Waals surface area contributed by atoms with Gasteiger partial charge in [0.15, 0.2) is 0 Å². The fourth-order valence-corrected chi connectivity index (χ4v) is 3.62. The first kappa shape index (κ1) is 19.0. The number of carbonyl (C=O) groups excluding carboxylic acids is 1. The lowest BCUT2D eigenvalue weighted by molar-refractivity contribution is 0.102. The molecule has 10 heteroatoms. The molecule has 1 amide bonds. The van der Waals surface area contributed by atoms with E-state index in [9.17, 15) is 4.79 Å². The Kier molecular flexibility index (Phi) is 5.24. The number of pyridine rings is 1. The van der Waals surface area contributed by atoms with Gasteiger partial charge in [-0.2, -0.15) is 4.37 Å². The summed E-state index contributed by atoms with van der Waals surface area (Å²) in [6, 6.07) is 8.67. The molecule has 4 rings (SSSR count). The van der Waals surface area contributed by atoms with Gasteiger partial charge >= 0.3 is 0 Å². The smallest absolute Gasteiger partial charge is 0.260 e. The molecule has 1 aromatic carbocycles. The van der Waals surface area contributed by atoms with Crippen molar-refractivity contribution >= 4 is 56.6 Å². The summed E-state index contributed by atoms with van der Waals surface area (Å²) < 4.78 is 9.32. The van der Waals surface area contributed by atoms with E-state index in [2.05, 4.69) is 30.0 Å². The van der Waals surface area contributed by atoms with Crippen LogP contribution in [0.1, 0.15) is 16.1 Å². The Morgan fingerprint density at radius 3 is 2.76 bits per heavy atom. The number of halogens is 1. The predicted molar refractivity (Wildman–Crippen MR) is 113 cm³/mol. The van der Waals surface area contributed by atoms with E-state index >= 15 is 0 Å². The normalized spacial score (nSPS) is 10.7. The second-order valence-corrected chi connectivity index (χ2v) is 7.24. The molecule has 8 nitrogen and oxygen atoms in total. The monoisotopic (exact) mass is 426 g/mol. The highest BCUT2D eigenvalue weighted by Crippen LogP contribution is 2.29. The van der Waals surface area contributed by atoms with Crippen LogP contribution in [0.5, 0.6) is 5.88 Å². The third-order valence-corrected chi connectivity index (χ3v) is 5.13. The van der Waals surface area contributed by atoms with E-state index in [4.69, 9.17) is 16.3 Å². The van der Waals surface area contributed by atoms with Crippen molar-refractivity contribution in [1.29, 1.82) is 0 Å². The molecule has 0 aliphatic rings. The molecule has 146 valence electrons. The van der Waals surface area contributed by atoms with Crippen LogP contribution < -0.4 is 15.4 Å². The SMILES string of the molecule is COc1ccc(NC(=O)c2c(C)nsc2Nc2cnc3cc(Cl)ccc3n2)cn1. The molecule has 0 aliphatic heterocycles. The van der Waals surface area contributed by atoms with Crippen LogP contribution in [0, 0.1) is 6.92 Å².